The minimum absolute atomic E-state index is 0.236. The van der Waals surface area contributed by atoms with Crippen LogP contribution in [0.15, 0.2) is 97.2 Å². The first-order valence-electron chi connectivity index (χ1n) is 12.0. The van der Waals surface area contributed by atoms with E-state index in [2.05, 4.69) is 77.2 Å². The second-order valence-corrected chi connectivity index (χ2v) is 9.49. The molecule has 0 saturated carbocycles. The Bertz CT molecular complexity index is 1590. The van der Waals surface area contributed by atoms with Crippen LogP contribution >= 0.6 is 12.2 Å². The smallest absolute Gasteiger partial charge is 0.174 e. The number of fused-ring (bicyclic) bond motifs is 1. The second kappa shape index (κ2) is 8.88. The van der Waals surface area contributed by atoms with Crippen molar-refractivity contribution in [1.82, 2.24) is 14.9 Å². The highest BCUT2D eigenvalue weighted by atomic mass is 32.1. The van der Waals surface area contributed by atoms with Crippen LogP contribution < -0.4 is 10.2 Å². The van der Waals surface area contributed by atoms with E-state index >= 15 is 4.39 Å². The summed E-state index contributed by atoms with van der Waals surface area (Å²) in [7, 11) is 0. The van der Waals surface area contributed by atoms with E-state index in [4.69, 9.17) is 12.2 Å². The van der Waals surface area contributed by atoms with E-state index in [1.165, 1.54) is 16.8 Å². The summed E-state index contributed by atoms with van der Waals surface area (Å²) in [6, 6.07) is 29.1. The van der Waals surface area contributed by atoms with Gasteiger partial charge in [0.2, 0.25) is 0 Å². The fraction of sp³-hybridized carbons (Fsp3) is 0.133. The molecule has 1 aliphatic heterocycles. The third-order valence-corrected chi connectivity index (χ3v) is 7.32. The van der Waals surface area contributed by atoms with Crippen LogP contribution in [0.3, 0.4) is 0 Å². The first-order valence-corrected chi connectivity index (χ1v) is 12.4. The Hall–Kier alpha value is -4.03. The Morgan fingerprint density at radius 1 is 0.861 bits per heavy atom. The molecule has 6 heteroatoms. The van der Waals surface area contributed by atoms with Gasteiger partial charge in [0.1, 0.15) is 5.82 Å². The van der Waals surface area contributed by atoms with Crippen molar-refractivity contribution in [2.75, 3.05) is 4.90 Å². The molecule has 6 rings (SSSR count). The van der Waals surface area contributed by atoms with Crippen LogP contribution in [-0.4, -0.2) is 14.7 Å². The first kappa shape index (κ1) is 22.4. The van der Waals surface area contributed by atoms with Crippen molar-refractivity contribution in [1.29, 1.82) is 0 Å². The summed E-state index contributed by atoms with van der Waals surface area (Å²) in [5.41, 5.74) is 5.70. The maximum Gasteiger partial charge on any atom is 0.174 e. The average molecular weight is 493 g/mol. The van der Waals surface area contributed by atoms with Gasteiger partial charge in [-0.3, -0.25) is 4.98 Å². The number of thiocarbonyl (C=S) groups is 1. The van der Waals surface area contributed by atoms with E-state index in [1.807, 2.05) is 29.2 Å². The molecule has 0 unspecified atom stereocenters. The fourth-order valence-corrected chi connectivity index (χ4v) is 5.78. The number of nitrogens with one attached hydrogen (secondary N) is 1. The standard InChI is InChI=1S/C30H25FN4S/c1-19-18-23(20(2)34(19)26-16-9-11-21-10-3-4-12-22(21)26)29-28(25-14-7-8-17-32-25)33-30(36)35(29)27-15-6-5-13-24(27)31/h3-18,28-29H,1-2H3,(H,33,36)/t28-,29+/m1/s1. The van der Waals surface area contributed by atoms with Crippen molar-refractivity contribution in [3.05, 3.63) is 126 Å². The van der Waals surface area contributed by atoms with Gasteiger partial charge in [0.25, 0.3) is 0 Å². The van der Waals surface area contributed by atoms with Gasteiger partial charge >= 0.3 is 0 Å². The lowest BCUT2D eigenvalue weighted by Crippen LogP contribution is -2.30. The lowest BCUT2D eigenvalue weighted by atomic mass is 9.96. The molecule has 0 amide bonds. The van der Waals surface area contributed by atoms with Gasteiger partial charge in [-0.1, -0.05) is 54.6 Å². The summed E-state index contributed by atoms with van der Waals surface area (Å²) in [5.74, 6) is -0.309. The van der Waals surface area contributed by atoms with Crippen LogP contribution in [0.1, 0.15) is 34.7 Å². The van der Waals surface area contributed by atoms with E-state index in [9.17, 15) is 0 Å². The van der Waals surface area contributed by atoms with E-state index < -0.39 is 0 Å². The predicted octanol–water partition coefficient (Wildman–Crippen LogP) is 6.96. The lowest BCUT2D eigenvalue weighted by molar-refractivity contribution is 0.556. The molecule has 1 saturated heterocycles. The molecule has 0 radical (unpaired) electrons. The summed E-state index contributed by atoms with van der Waals surface area (Å²) >= 11 is 5.79. The molecule has 178 valence electrons. The molecule has 3 aromatic carbocycles. The molecule has 0 bridgehead atoms. The number of aryl methyl sites for hydroxylation is 1. The third-order valence-electron chi connectivity index (χ3n) is 7.01. The van der Waals surface area contributed by atoms with Gasteiger partial charge in [-0.05, 0) is 73.4 Å². The number of benzene rings is 3. The van der Waals surface area contributed by atoms with Crippen LogP contribution in [0.25, 0.3) is 16.5 Å². The van der Waals surface area contributed by atoms with Crippen LogP contribution in [0.5, 0.6) is 0 Å². The zero-order valence-corrected chi connectivity index (χ0v) is 20.8. The molecule has 36 heavy (non-hydrogen) atoms. The van der Waals surface area contributed by atoms with Crippen molar-refractivity contribution >= 4 is 33.8 Å². The summed E-state index contributed by atoms with van der Waals surface area (Å²) < 4.78 is 17.4. The Kier molecular flexibility index (Phi) is 5.53. The van der Waals surface area contributed by atoms with Crippen molar-refractivity contribution < 1.29 is 4.39 Å². The van der Waals surface area contributed by atoms with E-state index in [-0.39, 0.29) is 17.9 Å². The second-order valence-electron chi connectivity index (χ2n) is 9.11. The lowest BCUT2D eigenvalue weighted by Gasteiger charge is -2.28. The molecule has 2 atom stereocenters. The summed E-state index contributed by atoms with van der Waals surface area (Å²) in [4.78, 5) is 6.53. The fourth-order valence-electron chi connectivity index (χ4n) is 5.44. The minimum Gasteiger partial charge on any atom is -0.351 e. The molecule has 4 nitrogen and oxygen atoms in total. The average Bonchev–Trinajstić information content (AvgIpc) is 3.39. The van der Waals surface area contributed by atoms with Crippen molar-refractivity contribution in [3.63, 3.8) is 0 Å². The zero-order chi connectivity index (χ0) is 24.8. The van der Waals surface area contributed by atoms with Gasteiger partial charge in [-0.15, -0.1) is 0 Å². The molecular weight excluding hydrogens is 467 g/mol. The van der Waals surface area contributed by atoms with Crippen LogP contribution in [0, 0.1) is 19.7 Å². The zero-order valence-electron chi connectivity index (χ0n) is 20.0. The maximum absolute atomic E-state index is 15.1. The molecule has 1 aliphatic rings. The number of pyridine rings is 1. The van der Waals surface area contributed by atoms with E-state index in [1.54, 1.807) is 18.3 Å². The predicted molar refractivity (Wildman–Crippen MR) is 147 cm³/mol. The largest absolute Gasteiger partial charge is 0.351 e. The monoisotopic (exact) mass is 492 g/mol. The van der Waals surface area contributed by atoms with E-state index in [0.717, 1.165) is 28.3 Å². The third kappa shape index (κ3) is 3.57. The van der Waals surface area contributed by atoms with E-state index in [0.29, 0.717) is 10.8 Å². The normalized spacial score (nSPS) is 17.5. The van der Waals surface area contributed by atoms with Crippen molar-refractivity contribution in [2.45, 2.75) is 25.9 Å². The number of halogens is 1. The van der Waals surface area contributed by atoms with Gasteiger partial charge in [0.15, 0.2) is 5.11 Å². The molecule has 1 N–H and O–H groups in total. The van der Waals surface area contributed by atoms with Crippen molar-refractivity contribution in [3.8, 4) is 5.69 Å². The molecule has 3 heterocycles. The van der Waals surface area contributed by atoms with Crippen LogP contribution in [-0.2, 0) is 0 Å². The quantitative estimate of drug-likeness (QED) is 0.275. The van der Waals surface area contributed by atoms with Crippen LogP contribution in [0.4, 0.5) is 10.1 Å². The van der Waals surface area contributed by atoms with Gasteiger partial charge < -0.3 is 14.8 Å². The number of rotatable bonds is 4. The number of anilines is 1. The molecular formula is C30H25FN4S. The first-order chi connectivity index (χ1) is 17.5. The summed E-state index contributed by atoms with van der Waals surface area (Å²) in [6.07, 6.45) is 1.78. The number of aromatic nitrogens is 2. The Labute approximate surface area is 215 Å². The Morgan fingerprint density at radius 2 is 1.58 bits per heavy atom. The SMILES string of the molecule is Cc1cc([C@H]2[C@@H](c3ccccn3)NC(=S)N2c2ccccc2F)c(C)n1-c1cccc2ccccc12. The van der Waals surface area contributed by atoms with Gasteiger partial charge in [-0.2, -0.15) is 0 Å². The molecule has 0 aliphatic carbocycles. The van der Waals surface area contributed by atoms with Gasteiger partial charge in [0, 0.05) is 23.0 Å². The summed E-state index contributed by atoms with van der Waals surface area (Å²) in [5, 5.41) is 6.29. The number of hydrogen-bond donors (Lipinski definition) is 1. The maximum atomic E-state index is 15.1. The minimum atomic E-state index is -0.309. The topological polar surface area (TPSA) is 33.1 Å². The van der Waals surface area contributed by atoms with Crippen LogP contribution in [0.2, 0.25) is 0 Å². The highest BCUT2D eigenvalue weighted by Crippen LogP contribution is 2.44. The number of para-hydroxylation sites is 1. The van der Waals surface area contributed by atoms with Gasteiger partial charge in [0.05, 0.1) is 29.2 Å². The number of nitrogens with zero attached hydrogens (tertiary/aromatic N) is 3. The Morgan fingerprint density at radius 3 is 2.39 bits per heavy atom. The molecule has 5 aromatic rings. The van der Waals surface area contributed by atoms with Crippen molar-refractivity contribution in [2.24, 2.45) is 0 Å². The molecule has 2 aromatic heterocycles. The van der Waals surface area contributed by atoms with Gasteiger partial charge in [-0.25, -0.2) is 4.39 Å². The summed E-state index contributed by atoms with van der Waals surface area (Å²) in [6.45, 7) is 4.24. The molecule has 0 spiro atoms. The highest BCUT2D eigenvalue weighted by Gasteiger charge is 2.43. The number of hydrogen-bond acceptors (Lipinski definition) is 2. The highest BCUT2D eigenvalue weighted by molar-refractivity contribution is 7.80. The Balaban J connectivity index is 1.57. The molecule has 1 fully saturated rings.